The van der Waals surface area contributed by atoms with Gasteiger partial charge in [0.15, 0.2) is 0 Å². The normalized spacial score (nSPS) is 16.3. The highest BCUT2D eigenvalue weighted by Gasteiger charge is 2.27. The molecule has 3 rings (SSSR count). The summed E-state index contributed by atoms with van der Waals surface area (Å²) in [5.41, 5.74) is 1.66. The van der Waals surface area contributed by atoms with Crippen LogP contribution in [0.3, 0.4) is 0 Å². The number of nitrogens with one attached hydrogen (secondary N) is 1. The van der Waals surface area contributed by atoms with Gasteiger partial charge < -0.3 is 15.0 Å². The Morgan fingerprint density at radius 1 is 1.38 bits per heavy atom. The fraction of sp³-hybridized carbons (Fsp3) is 0.278. The van der Waals surface area contributed by atoms with E-state index in [0.29, 0.717) is 23.9 Å². The van der Waals surface area contributed by atoms with Crippen molar-refractivity contribution >= 4 is 23.2 Å². The number of likely N-dealkylation sites (N-methyl/N-ethyl adjacent to an activating group) is 1. The molecule has 2 aromatic rings. The molecule has 1 heterocycles. The first-order valence-electron chi connectivity index (χ1n) is 7.70. The van der Waals surface area contributed by atoms with E-state index in [0.717, 1.165) is 11.3 Å². The summed E-state index contributed by atoms with van der Waals surface area (Å²) < 4.78 is 18.8. The fourth-order valence-electron chi connectivity index (χ4n) is 2.71. The average molecular weight is 349 g/mol. The lowest BCUT2D eigenvalue weighted by Gasteiger charge is -2.35. The number of rotatable bonds is 4. The van der Waals surface area contributed by atoms with Gasteiger partial charge >= 0.3 is 0 Å². The van der Waals surface area contributed by atoms with Crippen LogP contribution < -0.4 is 15.0 Å². The highest BCUT2D eigenvalue weighted by molar-refractivity contribution is 6.31. The van der Waals surface area contributed by atoms with E-state index in [1.165, 1.54) is 12.1 Å². The maximum Gasteiger partial charge on any atom is 0.222 e. The van der Waals surface area contributed by atoms with Gasteiger partial charge in [0.2, 0.25) is 5.91 Å². The summed E-state index contributed by atoms with van der Waals surface area (Å²) in [5.74, 6) is 0.0873. The number of fused-ring (bicyclic) bond motifs is 1. The zero-order valence-electron chi connectivity index (χ0n) is 13.3. The Kier molecular flexibility index (Phi) is 4.90. The van der Waals surface area contributed by atoms with Crippen LogP contribution in [0.5, 0.6) is 5.75 Å². The molecule has 0 unspecified atom stereocenters. The number of carbonyl (C=O) groups excluding carboxylic acids is 1. The van der Waals surface area contributed by atoms with Crippen molar-refractivity contribution in [3.8, 4) is 5.75 Å². The van der Waals surface area contributed by atoms with Gasteiger partial charge in [-0.15, -0.1) is 0 Å². The van der Waals surface area contributed by atoms with E-state index in [1.807, 2.05) is 30.1 Å². The van der Waals surface area contributed by atoms with Crippen molar-refractivity contribution in [2.75, 3.05) is 18.6 Å². The molecular weight excluding hydrogens is 331 g/mol. The predicted octanol–water partition coefficient (Wildman–Crippen LogP) is 3.38. The lowest BCUT2D eigenvalue weighted by Crippen LogP contribution is -2.43. The molecule has 0 saturated carbocycles. The molecule has 1 aliphatic heterocycles. The van der Waals surface area contributed by atoms with Crippen LogP contribution in [-0.2, 0) is 11.3 Å². The van der Waals surface area contributed by atoms with E-state index in [-0.39, 0.29) is 24.2 Å². The van der Waals surface area contributed by atoms with Crippen molar-refractivity contribution in [2.24, 2.45) is 0 Å². The molecule has 0 radical (unpaired) electrons. The topological polar surface area (TPSA) is 41.6 Å². The van der Waals surface area contributed by atoms with Gasteiger partial charge in [0, 0.05) is 24.7 Å². The van der Waals surface area contributed by atoms with Gasteiger partial charge in [-0.1, -0.05) is 29.8 Å². The minimum atomic E-state index is -0.335. The molecule has 4 nitrogen and oxygen atoms in total. The van der Waals surface area contributed by atoms with E-state index in [1.54, 1.807) is 12.1 Å². The Morgan fingerprint density at radius 3 is 2.96 bits per heavy atom. The molecule has 1 aliphatic rings. The number of nitrogens with zero attached hydrogens (tertiary/aromatic N) is 1. The van der Waals surface area contributed by atoms with E-state index >= 15 is 0 Å². The average Bonchev–Trinajstić information content (AvgIpc) is 2.56. The lowest BCUT2D eigenvalue weighted by molar-refractivity contribution is -0.121. The van der Waals surface area contributed by atoms with Gasteiger partial charge in [-0.25, -0.2) is 4.39 Å². The molecule has 0 saturated heterocycles. The summed E-state index contributed by atoms with van der Waals surface area (Å²) in [4.78, 5) is 14.2. The van der Waals surface area contributed by atoms with E-state index < -0.39 is 0 Å². The third-order valence-corrected chi connectivity index (χ3v) is 4.50. The highest BCUT2D eigenvalue weighted by Crippen LogP contribution is 2.34. The second-order valence-corrected chi connectivity index (χ2v) is 6.17. The van der Waals surface area contributed by atoms with Crippen molar-refractivity contribution in [1.82, 2.24) is 5.32 Å². The molecule has 126 valence electrons. The second kappa shape index (κ2) is 7.09. The maximum atomic E-state index is 13.2. The Labute approximate surface area is 145 Å². The molecule has 0 fully saturated rings. The number of benzene rings is 2. The van der Waals surface area contributed by atoms with Gasteiger partial charge in [0.1, 0.15) is 18.2 Å². The predicted molar refractivity (Wildman–Crippen MR) is 92.0 cm³/mol. The van der Waals surface area contributed by atoms with E-state index in [2.05, 4.69) is 5.32 Å². The van der Waals surface area contributed by atoms with Gasteiger partial charge in [-0.2, -0.15) is 0 Å². The van der Waals surface area contributed by atoms with Crippen molar-refractivity contribution in [1.29, 1.82) is 0 Å². The molecule has 24 heavy (non-hydrogen) atoms. The number of carbonyl (C=O) groups is 1. The number of hydrogen-bond acceptors (Lipinski definition) is 3. The lowest BCUT2D eigenvalue weighted by atomic mass is 10.1. The number of halogens is 2. The van der Waals surface area contributed by atoms with Crippen molar-refractivity contribution in [2.45, 2.75) is 19.0 Å². The number of ether oxygens (including phenoxy) is 1. The van der Waals surface area contributed by atoms with E-state index in [4.69, 9.17) is 16.3 Å². The molecule has 0 bridgehead atoms. The minimum absolute atomic E-state index is 0.0825. The van der Waals surface area contributed by atoms with Crippen LogP contribution >= 0.6 is 11.6 Å². The van der Waals surface area contributed by atoms with Crippen LogP contribution in [-0.4, -0.2) is 25.6 Å². The number of anilines is 1. The molecule has 0 aromatic heterocycles. The van der Waals surface area contributed by atoms with Gasteiger partial charge in [0.05, 0.1) is 18.2 Å². The van der Waals surface area contributed by atoms with Crippen LogP contribution in [0.15, 0.2) is 42.5 Å². The Balaban J connectivity index is 1.59. The zero-order chi connectivity index (χ0) is 17.1. The van der Waals surface area contributed by atoms with Crippen LogP contribution in [0.2, 0.25) is 5.02 Å². The number of hydrogen-bond donors (Lipinski definition) is 1. The molecule has 0 aliphatic carbocycles. The van der Waals surface area contributed by atoms with Crippen molar-refractivity contribution < 1.29 is 13.9 Å². The summed E-state index contributed by atoms with van der Waals surface area (Å²) in [5, 5.41) is 3.51. The van der Waals surface area contributed by atoms with Gasteiger partial charge in [-0.3, -0.25) is 4.79 Å². The standard InChI is InChI=1S/C18H18ClFN2O2/c1-22-14(11-24-17-8-13(20)6-7-16(17)22)9-18(23)21-10-12-4-2-3-5-15(12)19/h2-8,14H,9-11H2,1H3,(H,21,23)/t14-/m0/s1. The summed E-state index contributed by atoms with van der Waals surface area (Å²) in [6, 6.07) is 11.7. The summed E-state index contributed by atoms with van der Waals surface area (Å²) in [6.07, 6.45) is 0.289. The monoisotopic (exact) mass is 348 g/mol. The van der Waals surface area contributed by atoms with Crippen LogP contribution in [0.4, 0.5) is 10.1 Å². The quantitative estimate of drug-likeness (QED) is 0.921. The Hall–Kier alpha value is -2.27. The van der Waals surface area contributed by atoms with E-state index in [9.17, 15) is 9.18 Å². The molecule has 0 spiro atoms. The Bertz CT molecular complexity index is 754. The molecule has 1 amide bonds. The minimum Gasteiger partial charge on any atom is -0.489 e. The highest BCUT2D eigenvalue weighted by atomic mass is 35.5. The van der Waals surface area contributed by atoms with Crippen LogP contribution in [0, 0.1) is 5.82 Å². The Morgan fingerprint density at radius 2 is 2.17 bits per heavy atom. The number of amides is 1. The van der Waals surface area contributed by atoms with Crippen molar-refractivity contribution in [3.05, 3.63) is 58.9 Å². The first-order valence-corrected chi connectivity index (χ1v) is 8.07. The van der Waals surface area contributed by atoms with Crippen LogP contribution in [0.1, 0.15) is 12.0 Å². The molecule has 2 aromatic carbocycles. The SMILES string of the molecule is CN1c2ccc(F)cc2OC[C@@H]1CC(=O)NCc1ccccc1Cl. The largest absolute Gasteiger partial charge is 0.489 e. The third-order valence-electron chi connectivity index (χ3n) is 4.14. The first kappa shape index (κ1) is 16.6. The van der Waals surface area contributed by atoms with Gasteiger partial charge in [-0.05, 0) is 23.8 Å². The smallest absolute Gasteiger partial charge is 0.222 e. The van der Waals surface area contributed by atoms with Crippen LogP contribution in [0.25, 0.3) is 0 Å². The maximum absolute atomic E-state index is 13.2. The summed E-state index contributed by atoms with van der Waals surface area (Å²) in [6.45, 7) is 0.726. The van der Waals surface area contributed by atoms with Gasteiger partial charge in [0.25, 0.3) is 0 Å². The molecule has 1 atom stereocenters. The molecular formula is C18H18ClFN2O2. The summed E-state index contributed by atoms with van der Waals surface area (Å²) >= 11 is 6.08. The third kappa shape index (κ3) is 3.62. The fourth-order valence-corrected chi connectivity index (χ4v) is 2.91. The zero-order valence-corrected chi connectivity index (χ0v) is 14.0. The first-order chi connectivity index (χ1) is 11.5. The summed E-state index contributed by atoms with van der Waals surface area (Å²) in [7, 11) is 1.88. The second-order valence-electron chi connectivity index (χ2n) is 5.76. The van der Waals surface area contributed by atoms with Crippen molar-refractivity contribution in [3.63, 3.8) is 0 Å². The molecule has 6 heteroatoms. The molecule has 1 N–H and O–H groups in total.